The Morgan fingerprint density at radius 2 is 1.52 bits per heavy atom. The molecule has 25 heavy (non-hydrogen) atoms. The summed E-state index contributed by atoms with van der Waals surface area (Å²) in [5.74, 6) is -0.618. The molecule has 1 aromatic rings. The van der Waals surface area contributed by atoms with Crippen LogP contribution in [0.4, 0.5) is 0 Å². The predicted molar refractivity (Wildman–Crippen MR) is 103 cm³/mol. The number of hydrogen-bond acceptors (Lipinski definition) is 3. The lowest BCUT2D eigenvalue weighted by atomic mass is 10.1. The fourth-order valence-corrected chi connectivity index (χ4v) is 3.91. The van der Waals surface area contributed by atoms with Gasteiger partial charge in [-0.2, -0.15) is 0 Å². The second kappa shape index (κ2) is 6.73. The average molecular weight is 358 g/mol. The van der Waals surface area contributed by atoms with Gasteiger partial charge < -0.3 is 4.43 Å². The molecule has 1 aromatic carbocycles. The van der Waals surface area contributed by atoms with Crippen LogP contribution in [0.25, 0.3) is 0 Å². The third-order valence-corrected chi connectivity index (χ3v) is 9.64. The molecule has 0 unspecified atom stereocenters. The lowest BCUT2D eigenvalue weighted by Gasteiger charge is -2.41. The third kappa shape index (κ3) is 3.39. The van der Waals surface area contributed by atoms with Crippen LogP contribution in [0.1, 0.15) is 41.5 Å². The molecule has 0 saturated heterocycles. The molecule has 0 N–H and O–H groups in total. The summed E-state index contributed by atoms with van der Waals surface area (Å²) in [4.78, 5) is 26.8. The summed E-state index contributed by atoms with van der Waals surface area (Å²) in [6.07, 6.45) is 2.78. The van der Waals surface area contributed by atoms with Gasteiger partial charge in [0.25, 0.3) is 11.8 Å². The minimum atomic E-state index is -2.11. The topological polar surface area (TPSA) is 46.6 Å². The van der Waals surface area contributed by atoms with E-state index in [1.54, 1.807) is 36.4 Å². The highest BCUT2D eigenvalue weighted by molar-refractivity contribution is 6.74. The van der Waals surface area contributed by atoms with Gasteiger partial charge in [-0.3, -0.25) is 14.5 Å². The fraction of sp³-hybridized carbons (Fsp3) is 0.400. The van der Waals surface area contributed by atoms with Crippen molar-refractivity contribution in [1.29, 1.82) is 0 Å². The first-order valence-electron chi connectivity index (χ1n) is 8.45. The summed E-state index contributed by atoms with van der Waals surface area (Å²) >= 11 is 0. The lowest BCUT2D eigenvalue weighted by Crippen LogP contribution is -2.51. The minimum absolute atomic E-state index is 0.00195. The molecule has 0 fully saturated rings. The van der Waals surface area contributed by atoms with Crippen molar-refractivity contribution in [3.63, 3.8) is 0 Å². The van der Waals surface area contributed by atoms with Crippen LogP contribution in [0.15, 0.2) is 49.6 Å². The van der Waals surface area contributed by atoms with Crippen molar-refractivity contribution in [2.75, 3.05) is 0 Å². The molecule has 5 heteroatoms. The van der Waals surface area contributed by atoms with E-state index in [4.69, 9.17) is 4.43 Å². The molecule has 134 valence electrons. The lowest BCUT2D eigenvalue weighted by molar-refractivity contribution is 0.0514. The molecule has 2 amide bonds. The molecule has 1 heterocycles. The maximum Gasteiger partial charge on any atom is 0.262 e. The largest absolute Gasteiger partial charge is 0.408 e. The van der Waals surface area contributed by atoms with Crippen LogP contribution >= 0.6 is 0 Å². The Morgan fingerprint density at radius 3 is 1.88 bits per heavy atom. The summed E-state index contributed by atoms with van der Waals surface area (Å²) in [5.41, 5.74) is 0.851. The summed E-state index contributed by atoms with van der Waals surface area (Å²) in [7, 11) is -2.11. The number of carbonyl (C=O) groups is 2. The number of rotatable bonds is 6. The van der Waals surface area contributed by atoms with E-state index >= 15 is 0 Å². The standard InChI is InChI=1S/C20H27NO3Si/c1-8-16(17(9-2)24-25(6,7)20(3,4)5)21-18(22)14-12-10-11-13-15(14)19(21)23/h8-13,16-17H,1-2H2,3-7H3/t16-,17-/m0/s1. The minimum Gasteiger partial charge on any atom is -0.408 e. The van der Waals surface area contributed by atoms with E-state index in [9.17, 15) is 9.59 Å². The zero-order valence-corrected chi connectivity index (χ0v) is 16.7. The molecule has 0 radical (unpaired) electrons. The van der Waals surface area contributed by atoms with E-state index in [1.165, 1.54) is 4.90 Å². The number of carbonyl (C=O) groups excluding carboxylic acids is 2. The molecular formula is C20H27NO3Si. The monoisotopic (exact) mass is 357 g/mol. The van der Waals surface area contributed by atoms with Gasteiger partial charge in [0.1, 0.15) is 0 Å². The van der Waals surface area contributed by atoms with Crippen LogP contribution in [0.3, 0.4) is 0 Å². The maximum absolute atomic E-state index is 12.8. The first-order chi connectivity index (χ1) is 11.5. The Kier molecular flexibility index (Phi) is 5.21. The van der Waals surface area contributed by atoms with Gasteiger partial charge in [0.2, 0.25) is 0 Å². The summed E-state index contributed by atoms with van der Waals surface area (Å²) in [6.45, 7) is 18.4. The fourth-order valence-electron chi connectivity index (χ4n) is 2.64. The first-order valence-corrected chi connectivity index (χ1v) is 11.4. The average Bonchev–Trinajstić information content (AvgIpc) is 2.79. The van der Waals surface area contributed by atoms with Gasteiger partial charge in [-0.25, -0.2) is 0 Å². The highest BCUT2D eigenvalue weighted by atomic mass is 28.4. The van der Waals surface area contributed by atoms with E-state index in [0.29, 0.717) is 11.1 Å². The van der Waals surface area contributed by atoms with Crippen molar-refractivity contribution >= 4 is 20.1 Å². The number of benzene rings is 1. The Bertz CT molecular complexity index is 683. The van der Waals surface area contributed by atoms with Crippen LogP contribution in [0, 0.1) is 0 Å². The Morgan fingerprint density at radius 1 is 1.04 bits per heavy atom. The van der Waals surface area contributed by atoms with E-state index in [0.717, 1.165) is 0 Å². The Labute approximate surface area is 151 Å². The van der Waals surface area contributed by atoms with Crippen molar-refractivity contribution in [1.82, 2.24) is 4.90 Å². The van der Waals surface area contributed by atoms with E-state index in [-0.39, 0.29) is 16.9 Å². The van der Waals surface area contributed by atoms with Gasteiger partial charge in [-0.15, -0.1) is 13.2 Å². The Balaban J connectivity index is 2.36. The normalized spacial score (nSPS) is 17.2. The maximum atomic E-state index is 12.8. The van der Waals surface area contributed by atoms with Gasteiger partial charge in [-0.05, 0) is 30.3 Å². The summed E-state index contributed by atoms with van der Waals surface area (Å²) in [5, 5.41) is 0.00195. The summed E-state index contributed by atoms with van der Waals surface area (Å²) < 4.78 is 6.42. The van der Waals surface area contributed by atoms with Gasteiger partial charge in [0.15, 0.2) is 8.32 Å². The number of nitrogens with zero attached hydrogens (tertiary/aromatic N) is 1. The third-order valence-electron chi connectivity index (χ3n) is 5.17. The molecule has 2 atom stereocenters. The summed E-state index contributed by atoms with van der Waals surface area (Å²) in [6, 6.07) is 6.28. The zero-order chi connectivity index (χ0) is 19.0. The highest BCUT2D eigenvalue weighted by Crippen LogP contribution is 2.38. The van der Waals surface area contributed by atoms with Gasteiger partial charge in [-0.1, -0.05) is 45.1 Å². The van der Waals surface area contributed by atoms with Crippen molar-refractivity contribution in [3.05, 3.63) is 60.7 Å². The SMILES string of the molecule is C=C[C@H](O[Si](C)(C)C(C)(C)C)[C@H](C=C)N1C(=O)c2ccccc2C1=O. The Hall–Kier alpha value is -1.98. The van der Waals surface area contributed by atoms with E-state index in [1.807, 2.05) is 0 Å². The molecule has 2 rings (SSSR count). The molecule has 0 aliphatic carbocycles. The van der Waals surface area contributed by atoms with Crippen molar-refractivity contribution in [2.45, 2.75) is 51.0 Å². The first kappa shape index (κ1) is 19.3. The van der Waals surface area contributed by atoms with E-state index in [2.05, 4.69) is 47.0 Å². The van der Waals surface area contributed by atoms with Crippen LogP contribution in [-0.4, -0.2) is 37.2 Å². The quantitative estimate of drug-likeness (QED) is 0.430. The molecule has 1 aliphatic heterocycles. The number of imide groups is 1. The van der Waals surface area contributed by atoms with E-state index < -0.39 is 20.5 Å². The second-order valence-corrected chi connectivity index (χ2v) is 12.6. The molecule has 0 aromatic heterocycles. The molecule has 1 aliphatic rings. The number of amides is 2. The molecular weight excluding hydrogens is 330 g/mol. The van der Waals surface area contributed by atoms with Gasteiger partial charge in [0, 0.05) is 0 Å². The second-order valence-electron chi connectivity index (χ2n) is 7.83. The van der Waals surface area contributed by atoms with Crippen molar-refractivity contribution in [2.24, 2.45) is 0 Å². The van der Waals surface area contributed by atoms with Crippen molar-refractivity contribution in [3.8, 4) is 0 Å². The predicted octanol–water partition coefficient (Wildman–Crippen LogP) is 4.41. The molecule has 0 saturated carbocycles. The molecule has 0 bridgehead atoms. The van der Waals surface area contributed by atoms with Crippen LogP contribution < -0.4 is 0 Å². The van der Waals surface area contributed by atoms with Crippen LogP contribution in [0.5, 0.6) is 0 Å². The zero-order valence-electron chi connectivity index (χ0n) is 15.7. The number of fused-ring (bicyclic) bond motifs is 1. The molecule has 0 spiro atoms. The highest BCUT2D eigenvalue weighted by Gasteiger charge is 2.45. The van der Waals surface area contributed by atoms with Gasteiger partial charge in [0.05, 0.1) is 23.3 Å². The van der Waals surface area contributed by atoms with Crippen molar-refractivity contribution < 1.29 is 14.0 Å². The molecule has 4 nitrogen and oxygen atoms in total. The van der Waals surface area contributed by atoms with Gasteiger partial charge >= 0.3 is 0 Å². The number of hydrogen-bond donors (Lipinski definition) is 0. The van der Waals surface area contributed by atoms with Crippen LogP contribution in [0.2, 0.25) is 18.1 Å². The smallest absolute Gasteiger partial charge is 0.262 e. The van der Waals surface area contributed by atoms with Crippen LogP contribution in [-0.2, 0) is 4.43 Å².